The number of aryl methyl sites for hydroxylation is 1. The molecule has 0 saturated heterocycles. The first-order valence-corrected chi connectivity index (χ1v) is 12.2. The molecular weight excluding hydrogens is 509 g/mol. The number of methoxy groups -OCH3 is 1. The Kier molecular flexibility index (Phi) is 8.01. The number of amides is 1. The molecule has 4 rings (SSSR count). The van der Waals surface area contributed by atoms with E-state index in [1.54, 1.807) is 56.0 Å². The second kappa shape index (κ2) is 11.2. The van der Waals surface area contributed by atoms with Crippen LogP contribution in [0.25, 0.3) is 16.9 Å². The predicted octanol–water partition coefficient (Wildman–Crippen LogP) is 5.72. The molecule has 0 unspecified atom stereocenters. The van der Waals surface area contributed by atoms with Crippen molar-refractivity contribution in [3.05, 3.63) is 82.8 Å². The van der Waals surface area contributed by atoms with E-state index < -0.39 is 17.6 Å². The molecule has 2 heterocycles. The van der Waals surface area contributed by atoms with Crippen molar-refractivity contribution >= 4 is 11.6 Å². The summed E-state index contributed by atoms with van der Waals surface area (Å²) >= 11 is 0. The number of hydrogen-bond acceptors (Lipinski definition) is 6. The Morgan fingerprint density at radius 3 is 2.56 bits per heavy atom. The summed E-state index contributed by atoms with van der Waals surface area (Å²) in [6.07, 6.45) is 0.354. The highest BCUT2D eigenvalue weighted by molar-refractivity contribution is 6.04. The predicted molar refractivity (Wildman–Crippen MR) is 142 cm³/mol. The van der Waals surface area contributed by atoms with Gasteiger partial charge in [-0.15, -0.1) is 5.10 Å². The minimum atomic E-state index is -4.56. The topological polar surface area (TPSA) is 94.0 Å². The molecule has 0 spiro atoms. The third-order valence-corrected chi connectivity index (χ3v) is 6.24. The van der Waals surface area contributed by atoms with Crippen molar-refractivity contribution in [1.82, 2.24) is 25.3 Å². The van der Waals surface area contributed by atoms with Crippen LogP contribution in [-0.4, -0.2) is 39.0 Å². The summed E-state index contributed by atoms with van der Waals surface area (Å²) in [4.78, 5) is 17.3. The minimum Gasteiger partial charge on any atom is -0.495 e. The first-order valence-electron chi connectivity index (χ1n) is 12.2. The van der Waals surface area contributed by atoms with Crippen molar-refractivity contribution in [1.29, 1.82) is 0 Å². The quantitative estimate of drug-likeness (QED) is 0.298. The smallest absolute Gasteiger partial charge is 0.416 e. The molecule has 0 aliphatic carbocycles. The Labute approximate surface area is 224 Å². The van der Waals surface area contributed by atoms with Gasteiger partial charge in [-0.05, 0) is 60.9 Å². The fraction of sp³-hybridized carbons (Fsp3) is 0.286. The number of aromatic nitrogens is 4. The maximum Gasteiger partial charge on any atom is 0.416 e. The average molecular weight is 539 g/mol. The largest absolute Gasteiger partial charge is 0.495 e. The average Bonchev–Trinajstić information content (AvgIpc) is 3.38. The first-order chi connectivity index (χ1) is 18.5. The summed E-state index contributed by atoms with van der Waals surface area (Å²) in [6, 6.07) is 9.37. The summed E-state index contributed by atoms with van der Waals surface area (Å²) in [6.45, 7) is 7.35. The normalized spacial score (nSPS) is 11.6. The van der Waals surface area contributed by atoms with Gasteiger partial charge in [-0.2, -0.15) is 13.2 Å². The number of rotatable bonds is 8. The van der Waals surface area contributed by atoms with Crippen molar-refractivity contribution in [2.24, 2.45) is 0 Å². The summed E-state index contributed by atoms with van der Waals surface area (Å²) in [5.74, 6) is 0.0261. The third-order valence-electron chi connectivity index (χ3n) is 6.24. The van der Waals surface area contributed by atoms with Gasteiger partial charge in [0, 0.05) is 35.6 Å². The van der Waals surface area contributed by atoms with Crippen molar-refractivity contribution in [3.8, 4) is 22.7 Å². The number of benzene rings is 2. The van der Waals surface area contributed by atoms with E-state index in [1.165, 1.54) is 11.6 Å². The van der Waals surface area contributed by atoms with Gasteiger partial charge >= 0.3 is 6.18 Å². The van der Waals surface area contributed by atoms with Crippen LogP contribution in [0.3, 0.4) is 0 Å². The first kappa shape index (κ1) is 27.8. The van der Waals surface area contributed by atoms with E-state index in [4.69, 9.17) is 4.74 Å². The zero-order valence-corrected chi connectivity index (χ0v) is 22.2. The van der Waals surface area contributed by atoms with E-state index in [0.717, 1.165) is 11.6 Å². The molecule has 4 aromatic rings. The number of carbonyl (C=O) groups is 1. The van der Waals surface area contributed by atoms with E-state index in [1.807, 2.05) is 20.8 Å². The van der Waals surface area contributed by atoms with Crippen molar-refractivity contribution in [2.45, 2.75) is 46.5 Å². The molecule has 2 aromatic heterocycles. The monoisotopic (exact) mass is 538 g/mol. The lowest BCUT2D eigenvalue weighted by Gasteiger charge is -2.18. The lowest BCUT2D eigenvalue weighted by molar-refractivity contribution is -0.138. The standard InChI is InChI=1S/C28H29F3N6O2/c1-16(2)33-13-20-8-22(11-24(18(20)4)28(29,30)31)34-27(38)19-7-6-17(3)26(10-19)37-15-25(35-36-37)21-9-23(39-5)14-32-12-21/h6-12,14-16,33H,13H2,1-5H3,(H,34,38). The summed E-state index contributed by atoms with van der Waals surface area (Å²) in [5, 5.41) is 14.2. The van der Waals surface area contributed by atoms with E-state index in [9.17, 15) is 18.0 Å². The Hall–Kier alpha value is -4.25. The van der Waals surface area contributed by atoms with Gasteiger partial charge in [-0.3, -0.25) is 9.78 Å². The van der Waals surface area contributed by atoms with Crippen LogP contribution in [0.1, 0.15) is 46.5 Å². The van der Waals surface area contributed by atoms with Gasteiger partial charge in [-0.25, -0.2) is 4.68 Å². The van der Waals surface area contributed by atoms with E-state index >= 15 is 0 Å². The number of alkyl halides is 3. The van der Waals surface area contributed by atoms with Gasteiger partial charge in [-0.1, -0.05) is 25.1 Å². The van der Waals surface area contributed by atoms with Crippen molar-refractivity contribution in [2.75, 3.05) is 12.4 Å². The van der Waals surface area contributed by atoms with Crippen LogP contribution in [0.5, 0.6) is 5.75 Å². The highest BCUT2D eigenvalue weighted by Gasteiger charge is 2.34. The molecule has 2 aromatic carbocycles. The molecule has 0 fully saturated rings. The molecule has 11 heteroatoms. The fourth-order valence-corrected chi connectivity index (χ4v) is 4.02. The zero-order chi connectivity index (χ0) is 28.3. The second-order valence-electron chi connectivity index (χ2n) is 9.46. The molecule has 0 aliphatic heterocycles. The highest BCUT2D eigenvalue weighted by atomic mass is 19.4. The van der Waals surface area contributed by atoms with Gasteiger partial charge in [0.1, 0.15) is 11.4 Å². The Morgan fingerprint density at radius 2 is 1.87 bits per heavy atom. The van der Waals surface area contributed by atoms with Gasteiger partial charge in [0.2, 0.25) is 0 Å². The SMILES string of the molecule is COc1cncc(-c2cn(-c3cc(C(=O)Nc4cc(CNC(C)C)c(C)c(C(F)(F)F)c4)ccc3C)nn2)c1. The molecule has 39 heavy (non-hydrogen) atoms. The molecule has 0 aliphatic rings. The van der Waals surface area contributed by atoms with Crippen LogP contribution in [-0.2, 0) is 12.7 Å². The number of pyridine rings is 1. The summed E-state index contributed by atoms with van der Waals surface area (Å²) in [7, 11) is 1.54. The second-order valence-corrected chi connectivity index (χ2v) is 9.46. The van der Waals surface area contributed by atoms with Crippen LogP contribution in [0.15, 0.2) is 55.0 Å². The van der Waals surface area contributed by atoms with Gasteiger partial charge in [0.05, 0.1) is 30.8 Å². The van der Waals surface area contributed by atoms with E-state index in [2.05, 4.69) is 25.9 Å². The van der Waals surface area contributed by atoms with Crippen LogP contribution in [0, 0.1) is 13.8 Å². The van der Waals surface area contributed by atoms with Gasteiger partial charge in [0.25, 0.3) is 5.91 Å². The minimum absolute atomic E-state index is 0.0640. The molecule has 0 bridgehead atoms. The summed E-state index contributed by atoms with van der Waals surface area (Å²) in [5.41, 5.74) is 2.79. The molecule has 204 valence electrons. The number of ether oxygens (including phenoxy) is 1. The van der Waals surface area contributed by atoms with E-state index in [0.29, 0.717) is 28.3 Å². The number of halogens is 3. The number of nitrogens with zero attached hydrogens (tertiary/aromatic N) is 4. The molecule has 1 amide bonds. The Morgan fingerprint density at radius 1 is 1.10 bits per heavy atom. The Balaban J connectivity index is 1.63. The van der Waals surface area contributed by atoms with Crippen LogP contribution in [0.2, 0.25) is 0 Å². The maximum absolute atomic E-state index is 13.8. The molecule has 0 saturated carbocycles. The zero-order valence-electron chi connectivity index (χ0n) is 22.2. The van der Waals surface area contributed by atoms with Crippen LogP contribution < -0.4 is 15.4 Å². The number of hydrogen-bond donors (Lipinski definition) is 2. The van der Waals surface area contributed by atoms with Crippen molar-refractivity contribution < 1.29 is 22.7 Å². The molecule has 8 nitrogen and oxygen atoms in total. The molecule has 0 atom stereocenters. The summed E-state index contributed by atoms with van der Waals surface area (Å²) < 4.78 is 48.0. The number of nitrogens with one attached hydrogen (secondary N) is 2. The molecule has 0 radical (unpaired) electrons. The third kappa shape index (κ3) is 6.43. The van der Waals surface area contributed by atoms with Crippen LogP contribution in [0.4, 0.5) is 18.9 Å². The van der Waals surface area contributed by atoms with Gasteiger partial charge < -0.3 is 15.4 Å². The van der Waals surface area contributed by atoms with Crippen molar-refractivity contribution in [3.63, 3.8) is 0 Å². The van der Waals surface area contributed by atoms with Crippen LogP contribution >= 0.6 is 0 Å². The van der Waals surface area contributed by atoms with E-state index in [-0.39, 0.29) is 29.4 Å². The molecule has 2 N–H and O–H groups in total. The lowest BCUT2D eigenvalue weighted by Crippen LogP contribution is -2.23. The fourth-order valence-electron chi connectivity index (χ4n) is 4.02. The highest BCUT2D eigenvalue weighted by Crippen LogP contribution is 2.35. The number of carbonyl (C=O) groups excluding carboxylic acids is 1. The molecular formula is C28H29F3N6O2. The maximum atomic E-state index is 13.8. The van der Waals surface area contributed by atoms with Gasteiger partial charge in [0.15, 0.2) is 0 Å². The Bertz CT molecular complexity index is 1500. The number of anilines is 1. The lowest BCUT2D eigenvalue weighted by atomic mass is 10.00.